The number of aliphatic carboxylic acids is 1. The van der Waals surface area contributed by atoms with E-state index in [1.807, 2.05) is 6.55 Å². The molecule has 0 rings (SSSR count). The number of rotatable bonds is 12. The molecule has 1 amide bonds. The standard InChI is InChI=1S/C13H27NO5Si/c1-18-20(3,19-2)11-7-10-14-12(15)8-5-4-6-9-13(16)17/h4-11H2,1-3H3,(H,14,15)(H,16,17). The summed E-state index contributed by atoms with van der Waals surface area (Å²) in [6.07, 6.45) is 3.63. The van der Waals surface area contributed by atoms with Gasteiger partial charge in [0.1, 0.15) is 0 Å². The minimum atomic E-state index is -2.02. The highest BCUT2D eigenvalue weighted by Gasteiger charge is 2.27. The molecule has 20 heavy (non-hydrogen) atoms. The zero-order valence-electron chi connectivity index (χ0n) is 12.7. The topological polar surface area (TPSA) is 84.9 Å². The van der Waals surface area contributed by atoms with Crippen LogP contribution in [-0.2, 0) is 18.4 Å². The molecular formula is C13H27NO5Si. The molecule has 0 aliphatic carbocycles. The Morgan fingerprint density at radius 2 is 1.65 bits per heavy atom. The zero-order chi connectivity index (χ0) is 15.4. The highest BCUT2D eigenvalue weighted by molar-refractivity contribution is 6.65. The molecule has 0 aromatic rings. The second-order valence-corrected chi connectivity index (χ2v) is 8.53. The van der Waals surface area contributed by atoms with Crippen LogP contribution in [0.1, 0.15) is 38.5 Å². The summed E-state index contributed by atoms with van der Waals surface area (Å²) in [7, 11) is 1.29. The Kier molecular flexibility index (Phi) is 10.3. The highest BCUT2D eigenvalue weighted by atomic mass is 28.4. The predicted molar refractivity (Wildman–Crippen MR) is 78.8 cm³/mol. The fourth-order valence-electron chi connectivity index (χ4n) is 1.75. The number of nitrogens with one attached hydrogen (secondary N) is 1. The number of carbonyl (C=O) groups is 2. The first-order valence-electron chi connectivity index (χ1n) is 7.02. The number of hydrogen-bond donors (Lipinski definition) is 2. The van der Waals surface area contributed by atoms with Gasteiger partial charge in [0, 0.05) is 33.6 Å². The van der Waals surface area contributed by atoms with Crippen molar-refractivity contribution >= 4 is 20.4 Å². The molecule has 0 aromatic heterocycles. The normalized spacial score (nSPS) is 11.3. The van der Waals surface area contributed by atoms with Crippen LogP contribution in [0.3, 0.4) is 0 Å². The summed E-state index contributed by atoms with van der Waals surface area (Å²) in [5.41, 5.74) is 0. The van der Waals surface area contributed by atoms with Gasteiger partial charge < -0.3 is 19.3 Å². The van der Waals surface area contributed by atoms with Gasteiger partial charge in [0.25, 0.3) is 0 Å². The molecule has 0 saturated heterocycles. The SMILES string of the molecule is CO[Si](C)(CCCNC(=O)CCCCCC(=O)O)OC. The van der Waals surface area contributed by atoms with E-state index in [9.17, 15) is 9.59 Å². The molecule has 0 aliphatic rings. The van der Waals surface area contributed by atoms with Crippen LogP contribution in [-0.4, -0.2) is 46.3 Å². The maximum Gasteiger partial charge on any atom is 0.334 e. The second kappa shape index (κ2) is 10.8. The van der Waals surface area contributed by atoms with Crippen molar-refractivity contribution in [3.8, 4) is 0 Å². The smallest absolute Gasteiger partial charge is 0.334 e. The van der Waals surface area contributed by atoms with Crippen molar-refractivity contribution in [1.82, 2.24) is 5.32 Å². The zero-order valence-corrected chi connectivity index (χ0v) is 13.7. The molecule has 0 atom stereocenters. The van der Waals surface area contributed by atoms with Gasteiger partial charge in [-0.1, -0.05) is 6.42 Å². The van der Waals surface area contributed by atoms with Crippen LogP contribution in [0.25, 0.3) is 0 Å². The first-order valence-corrected chi connectivity index (χ1v) is 9.54. The molecule has 7 heteroatoms. The lowest BCUT2D eigenvalue weighted by molar-refractivity contribution is -0.137. The lowest BCUT2D eigenvalue weighted by Gasteiger charge is -2.22. The third-order valence-electron chi connectivity index (χ3n) is 3.29. The summed E-state index contributed by atoms with van der Waals surface area (Å²) in [5.74, 6) is -0.753. The van der Waals surface area contributed by atoms with Crippen LogP contribution in [0.5, 0.6) is 0 Å². The van der Waals surface area contributed by atoms with E-state index >= 15 is 0 Å². The van der Waals surface area contributed by atoms with Crippen molar-refractivity contribution in [2.75, 3.05) is 20.8 Å². The van der Waals surface area contributed by atoms with E-state index in [0.717, 1.165) is 25.3 Å². The molecule has 0 unspecified atom stereocenters. The first-order chi connectivity index (χ1) is 9.43. The van der Waals surface area contributed by atoms with E-state index in [1.54, 1.807) is 14.2 Å². The summed E-state index contributed by atoms with van der Waals surface area (Å²) < 4.78 is 10.7. The maximum absolute atomic E-state index is 11.5. The number of carbonyl (C=O) groups excluding carboxylic acids is 1. The molecule has 0 saturated carbocycles. The lowest BCUT2D eigenvalue weighted by atomic mass is 10.1. The Balaban J connectivity index is 3.52. The summed E-state index contributed by atoms with van der Waals surface area (Å²) in [6, 6.07) is 0.846. The molecular weight excluding hydrogens is 278 g/mol. The van der Waals surface area contributed by atoms with Crippen LogP contribution in [0.15, 0.2) is 0 Å². The van der Waals surface area contributed by atoms with Crippen molar-refractivity contribution in [2.24, 2.45) is 0 Å². The monoisotopic (exact) mass is 305 g/mol. The Morgan fingerprint density at radius 1 is 1.05 bits per heavy atom. The van der Waals surface area contributed by atoms with Gasteiger partial charge >= 0.3 is 14.5 Å². The van der Waals surface area contributed by atoms with E-state index in [4.69, 9.17) is 14.0 Å². The Morgan fingerprint density at radius 3 is 2.20 bits per heavy atom. The number of amides is 1. The number of carboxylic acid groups (broad SMARTS) is 1. The molecule has 2 N–H and O–H groups in total. The third kappa shape index (κ3) is 9.94. The van der Waals surface area contributed by atoms with Crippen molar-refractivity contribution in [1.29, 1.82) is 0 Å². The highest BCUT2D eigenvalue weighted by Crippen LogP contribution is 2.12. The second-order valence-electron chi connectivity index (χ2n) is 4.95. The number of carboxylic acids is 1. The Hall–Kier alpha value is -0.923. The fourth-order valence-corrected chi connectivity index (χ4v) is 3.15. The summed E-state index contributed by atoms with van der Waals surface area (Å²) in [6.45, 7) is 2.63. The minimum absolute atomic E-state index is 0.0264. The number of unbranched alkanes of at least 4 members (excludes halogenated alkanes) is 2. The van der Waals surface area contributed by atoms with Crippen LogP contribution >= 0.6 is 0 Å². The Bertz CT molecular complexity index is 294. The molecule has 0 heterocycles. The summed E-state index contributed by atoms with van der Waals surface area (Å²) in [5, 5.41) is 11.3. The van der Waals surface area contributed by atoms with Gasteiger partial charge in [-0.2, -0.15) is 0 Å². The van der Waals surface area contributed by atoms with Crippen LogP contribution < -0.4 is 5.32 Å². The predicted octanol–water partition coefficient (Wildman–Crippen LogP) is 1.89. The van der Waals surface area contributed by atoms with Gasteiger partial charge in [-0.3, -0.25) is 9.59 Å². The van der Waals surface area contributed by atoms with Gasteiger partial charge in [-0.15, -0.1) is 0 Å². The molecule has 0 spiro atoms. The van der Waals surface area contributed by atoms with E-state index in [0.29, 0.717) is 19.4 Å². The van der Waals surface area contributed by atoms with E-state index in [1.165, 1.54) is 0 Å². The van der Waals surface area contributed by atoms with E-state index < -0.39 is 14.5 Å². The lowest BCUT2D eigenvalue weighted by Crippen LogP contribution is -2.37. The summed E-state index contributed by atoms with van der Waals surface area (Å²) in [4.78, 5) is 21.8. The van der Waals surface area contributed by atoms with Gasteiger partial charge in [-0.25, -0.2) is 0 Å². The molecule has 0 aromatic carbocycles. The van der Waals surface area contributed by atoms with Gasteiger partial charge in [-0.05, 0) is 31.9 Å². The minimum Gasteiger partial charge on any atom is -0.481 e. The van der Waals surface area contributed by atoms with E-state index in [-0.39, 0.29) is 12.3 Å². The van der Waals surface area contributed by atoms with Gasteiger partial charge in [0.15, 0.2) is 0 Å². The van der Waals surface area contributed by atoms with Crippen LogP contribution in [0.4, 0.5) is 0 Å². The van der Waals surface area contributed by atoms with Crippen molar-refractivity contribution < 1.29 is 23.5 Å². The molecule has 118 valence electrons. The molecule has 0 aliphatic heterocycles. The third-order valence-corrected chi connectivity index (χ3v) is 6.28. The largest absolute Gasteiger partial charge is 0.481 e. The molecule has 6 nitrogen and oxygen atoms in total. The van der Waals surface area contributed by atoms with Gasteiger partial charge in [0.2, 0.25) is 5.91 Å². The average Bonchev–Trinajstić information content (AvgIpc) is 2.42. The maximum atomic E-state index is 11.5. The van der Waals surface area contributed by atoms with Crippen molar-refractivity contribution in [3.05, 3.63) is 0 Å². The van der Waals surface area contributed by atoms with Crippen molar-refractivity contribution in [2.45, 2.75) is 51.1 Å². The quantitative estimate of drug-likeness (QED) is 0.425. The first kappa shape index (κ1) is 19.1. The number of hydrogen-bond acceptors (Lipinski definition) is 4. The fraction of sp³-hybridized carbons (Fsp3) is 0.846. The van der Waals surface area contributed by atoms with Crippen molar-refractivity contribution in [3.63, 3.8) is 0 Å². The average molecular weight is 305 g/mol. The summed E-state index contributed by atoms with van der Waals surface area (Å²) >= 11 is 0. The Labute approximate surface area is 122 Å². The molecule has 0 fully saturated rings. The van der Waals surface area contributed by atoms with Crippen LogP contribution in [0, 0.1) is 0 Å². The van der Waals surface area contributed by atoms with Crippen LogP contribution in [0.2, 0.25) is 12.6 Å². The van der Waals surface area contributed by atoms with Gasteiger partial charge in [0.05, 0.1) is 0 Å². The van der Waals surface area contributed by atoms with E-state index in [2.05, 4.69) is 5.32 Å². The molecule has 0 radical (unpaired) electrons. The molecule has 0 bridgehead atoms.